The second-order valence-corrected chi connectivity index (χ2v) is 6.77. The minimum atomic E-state index is 0.118. The maximum Gasteiger partial charge on any atom is 0.234 e. The van der Waals surface area contributed by atoms with Crippen LogP contribution in [0.15, 0.2) is 30.3 Å². The van der Waals surface area contributed by atoms with E-state index in [0.29, 0.717) is 38.3 Å². The number of hydrogen-bond donors (Lipinski definition) is 1. The van der Waals surface area contributed by atoms with E-state index in [-0.39, 0.29) is 5.91 Å². The highest BCUT2D eigenvalue weighted by atomic mass is 16.5. The molecular weight excluding hydrogens is 288 g/mol. The van der Waals surface area contributed by atoms with Gasteiger partial charge in [0.25, 0.3) is 0 Å². The molecule has 1 aromatic rings. The summed E-state index contributed by atoms with van der Waals surface area (Å²) in [7, 11) is 0. The van der Waals surface area contributed by atoms with Gasteiger partial charge in [-0.3, -0.25) is 9.69 Å². The van der Waals surface area contributed by atoms with E-state index in [0.717, 1.165) is 12.5 Å². The maximum absolute atomic E-state index is 12.3. The third-order valence-electron chi connectivity index (χ3n) is 5.17. The normalized spacial score (nSPS) is 27.1. The molecule has 1 saturated heterocycles. The van der Waals surface area contributed by atoms with E-state index < -0.39 is 0 Å². The molecule has 4 heteroatoms. The largest absolute Gasteiger partial charge is 0.380 e. The Bertz CT molecular complexity index is 505. The molecule has 3 rings (SSSR count). The number of benzene rings is 1. The van der Waals surface area contributed by atoms with Crippen LogP contribution in [0.5, 0.6) is 0 Å². The number of ether oxygens (including phenoxy) is 1. The molecule has 4 nitrogen and oxygen atoms in total. The zero-order chi connectivity index (χ0) is 16.1. The van der Waals surface area contributed by atoms with Gasteiger partial charge in [-0.15, -0.1) is 0 Å². The Morgan fingerprint density at radius 1 is 1.30 bits per heavy atom. The molecule has 1 heterocycles. The summed E-state index contributed by atoms with van der Waals surface area (Å²) in [5.41, 5.74) is 1.36. The van der Waals surface area contributed by atoms with E-state index in [9.17, 15) is 4.79 Å². The van der Waals surface area contributed by atoms with Crippen molar-refractivity contribution in [1.29, 1.82) is 0 Å². The molecule has 1 N–H and O–H groups in total. The first-order chi connectivity index (χ1) is 11.3. The Labute approximate surface area is 139 Å². The monoisotopic (exact) mass is 316 g/mol. The number of carbonyl (C=O) groups excluding carboxylic acids is 1. The van der Waals surface area contributed by atoms with Crippen LogP contribution in [0.3, 0.4) is 0 Å². The molecule has 3 atom stereocenters. The molecular formula is C19H28N2O2. The van der Waals surface area contributed by atoms with Crippen LogP contribution < -0.4 is 5.32 Å². The molecule has 0 spiro atoms. The Kier molecular flexibility index (Phi) is 5.68. The van der Waals surface area contributed by atoms with E-state index in [1.165, 1.54) is 24.8 Å². The molecule has 0 aromatic heterocycles. The standard InChI is InChI=1S/C19H28N2O2/c1-2-23-11-10-20-18(22)14-21-13-15-8-9-17(12-15)19(21)16-6-4-3-5-7-16/h3-7,15,17,19H,2,8-14H2,1H3,(H,20,22). The molecule has 2 bridgehead atoms. The minimum Gasteiger partial charge on any atom is -0.380 e. The topological polar surface area (TPSA) is 41.6 Å². The summed E-state index contributed by atoms with van der Waals surface area (Å²) in [6.45, 7) is 5.41. The highest BCUT2D eigenvalue weighted by molar-refractivity contribution is 5.78. The van der Waals surface area contributed by atoms with Crippen LogP contribution in [0.4, 0.5) is 0 Å². The summed E-state index contributed by atoms with van der Waals surface area (Å²) in [4.78, 5) is 14.7. The molecule has 1 aliphatic carbocycles. The first-order valence-corrected chi connectivity index (χ1v) is 8.91. The second kappa shape index (κ2) is 7.93. The number of fused-ring (bicyclic) bond motifs is 2. The lowest BCUT2D eigenvalue weighted by atomic mass is 9.86. The molecule has 126 valence electrons. The van der Waals surface area contributed by atoms with Crippen molar-refractivity contribution in [2.24, 2.45) is 11.8 Å². The number of piperidine rings is 1. The van der Waals surface area contributed by atoms with Gasteiger partial charge in [-0.25, -0.2) is 0 Å². The van der Waals surface area contributed by atoms with Crippen LogP contribution in [-0.2, 0) is 9.53 Å². The summed E-state index contributed by atoms with van der Waals surface area (Å²) >= 11 is 0. The number of hydrogen-bond acceptors (Lipinski definition) is 3. The van der Waals surface area contributed by atoms with Gasteiger partial charge in [0.1, 0.15) is 0 Å². The molecule has 1 saturated carbocycles. The van der Waals surface area contributed by atoms with Crippen LogP contribution in [0.1, 0.15) is 37.8 Å². The SMILES string of the molecule is CCOCCNC(=O)CN1CC2CCC(C2)C1c1ccccc1. The van der Waals surface area contributed by atoms with E-state index in [4.69, 9.17) is 4.74 Å². The molecule has 3 unspecified atom stereocenters. The molecule has 1 aliphatic heterocycles. The lowest BCUT2D eigenvalue weighted by Gasteiger charge is -2.40. The van der Waals surface area contributed by atoms with Gasteiger partial charge in [0, 0.05) is 25.7 Å². The summed E-state index contributed by atoms with van der Waals surface area (Å²) in [5, 5.41) is 2.98. The Morgan fingerprint density at radius 2 is 2.13 bits per heavy atom. The molecule has 1 aromatic carbocycles. The number of amides is 1. The van der Waals surface area contributed by atoms with Gasteiger partial charge in [-0.05, 0) is 43.6 Å². The van der Waals surface area contributed by atoms with Crippen molar-refractivity contribution in [2.45, 2.75) is 32.2 Å². The van der Waals surface area contributed by atoms with Gasteiger partial charge >= 0.3 is 0 Å². The fraction of sp³-hybridized carbons (Fsp3) is 0.632. The minimum absolute atomic E-state index is 0.118. The van der Waals surface area contributed by atoms with Crippen molar-refractivity contribution < 1.29 is 9.53 Å². The van der Waals surface area contributed by atoms with Gasteiger partial charge in [0.15, 0.2) is 0 Å². The highest BCUT2D eigenvalue weighted by Gasteiger charge is 2.41. The van der Waals surface area contributed by atoms with Crippen LogP contribution in [0.25, 0.3) is 0 Å². The summed E-state index contributed by atoms with van der Waals surface area (Å²) in [6, 6.07) is 11.1. The van der Waals surface area contributed by atoms with Crippen molar-refractivity contribution in [2.75, 3.05) is 32.8 Å². The van der Waals surface area contributed by atoms with Gasteiger partial charge in [0.2, 0.25) is 5.91 Å². The number of rotatable bonds is 7. The third kappa shape index (κ3) is 4.12. The molecule has 2 aliphatic rings. The fourth-order valence-corrected chi connectivity index (χ4v) is 4.25. The Hall–Kier alpha value is -1.39. The first kappa shape index (κ1) is 16.5. The van der Waals surface area contributed by atoms with Crippen molar-refractivity contribution in [1.82, 2.24) is 10.2 Å². The summed E-state index contributed by atoms with van der Waals surface area (Å²) in [5.74, 6) is 1.59. The number of likely N-dealkylation sites (tertiary alicyclic amines) is 1. The first-order valence-electron chi connectivity index (χ1n) is 8.91. The summed E-state index contributed by atoms with van der Waals surface area (Å²) < 4.78 is 5.28. The van der Waals surface area contributed by atoms with Crippen molar-refractivity contribution >= 4 is 5.91 Å². The average molecular weight is 316 g/mol. The fourth-order valence-electron chi connectivity index (χ4n) is 4.25. The maximum atomic E-state index is 12.3. The van der Waals surface area contributed by atoms with Gasteiger partial charge < -0.3 is 10.1 Å². The quantitative estimate of drug-likeness (QED) is 0.786. The van der Waals surface area contributed by atoms with Gasteiger partial charge in [-0.2, -0.15) is 0 Å². The van der Waals surface area contributed by atoms with E-state index in [1.54, 1.807) is 0 Å². The Morgan fingerprint density at radius 3 is 2.91 bits per heavy atom. The average Bonchev–Trinajstić information content (AvgIpc) is 2.94. The van der Waals surface area contributed by atoms with E-state index in [1.807, 2.05) is 6.92 Å². The molecule has 23 heavy (non-hydrogen) atoms. The van der Waals surface area contributed by atoms with Crippen molar-refractivity contribution in [3.8, 4) is 0 Å². The van der Waals surface area contributed by atoms with Crippen LogP contribution in [-0.4, -0.2) is 43.7 Å². The van der Waals surface area contributed by atoms with Crippen LogP contribution in [0.2, 0.25) is 0 Å². The predicted octanol–water partition coefficient (Wildman–Crippen LogP) is 2.61. The van der Waals surface area contributed by atoms with Gasteiger partial charge in [-0.1, -0.05) is 30.3 Å². The smallest absolute Gasteiger partial charge is 0.234 e. The zero-order valence-corrected chi connectivity index (χ0v) is 14.0. The van der Waals surface area contributed by atoms with E-state index in [2.05, 4.69) is 40.5 Å². The van der Waals surface area contributed by atoms with Crippen LogP contribution in [0, 0.1) is 11.8 Å². The van der Waals surface area contributed by atoms with Crippen molar-refractivity contribution in [3.05, 3.63) is 35.9 Å². The molecule has 0 radical (unpaired) electrons. The predicted molar refractivity (Wildman–Crippen MR) is 91.1 cm³/mol. The third-order valence-corrected chi connectivity index (χ3v) is 5.17. The summed E-state index contributed by atoms with van der Waals surface area (Å²) in [6.07, 6.45) is 3.94. The Balaban J connectivity index is 1.63. The zero-order valence-electron chi connectivity index (χ0n) is 14.0. The lowest BCUT2D eigenvalue weighted by Crippen LogP contribution is -2.45. The number of nitrogens with zero attached hydrogens (tertiary/aromatic N) is 1. The number of nitrogens with one attached hydrogen (secondary N) is 1. The molecule has 1 amide bonds. The molecule has 2 fully saturated rings. The highest BCUT2D eigenvalue weighted by Crippen LogP contribution is 2.47. The van der Waals surface area contributed by atoms with Crippen molar-refractivity contribution in [3.63, 3.8) is 0 Å². The van der Waals surface area contributed by atoms with Crippen LogP contribution >= 0.6 is 0 Å². The van der Waals surface area contributed by atoms with Gasteiger partial charge in [0.05, 0.1) is 13.2 Å². The lowest BCUT2D eigenvalue weighted by molar-refractivity contribution is -0.123. The second-order valence-electron chi connectivity index (χ2n) is 6.77. The number of carbonyl (C=O) groups is 1. The van der Waals surface area contributed by atoms with E-state index >= 15 is 0 Å².